The molecule has 1 aromatic carbocycles. The monoisotopic (exact) mass is 250 g/mol. The summed E-state index contributed by atoms with van der Waals surface area (Å²) in [5, 5.41) is 0. The van der Waals surface area contributed by atoms with E-state index in [1.807, 2.05) is 0 Å². The van der Waals surface area contributed by atoms with Crippen molar-refractivity contribution in [2.45, 2.75) is 18.9 Å². The van der Waals surface area contributed by atoms with Crippen LogP contribution in [0.5, 0.6) is 0 Å². The first-order valence-corrected chi connectivity index (χ1v) is 5.96. The van der Waals surface area contributed by atoms with Crippen molar-refractivity contribution < 1.29 is 18.7 Å². The molecule has 3 nitrogen and oxygen atoms in total. The standard InChI is InChI=1S/C14H15FO3/c15-12-6-3-11(4-7-12)5-8-14(16)18-10-13-2-1-9-17-13/h3-8,13H,1-2,9-10H2. The van der Waals surface area contributed by atoms with Crippen LogP contribution in [0, 0.1) is 5.82 Å². The molecule has 1 aromatic rings. The summed E-state index contributed by atoms with van der Waals surface area (Å²) in [6.07, 6.45) is 4.93. The molecule has 1 fully saturated rings. The Morgan fingerprint density at radius 1 is 1.44 bits per heavy atom. The zero-order valence-electron chi connectivity index (χ0n) is 9.97. The highest BCUT2D eigenvalue weighted by Crippen LogP contribution is 2.12. The average molecular weight is 250 g/mol. The highest BCUT2D eigenvalue weighted by atomic mass is 19.1. The van der Waals surface area contributed by atoms with Crippen LogP contribution in [0.15, 0.2) is 30.3 Å². The maximum Gasteiger partial charge on any atom is 0.330 e. The molecule has 4 heteroatoms. The predicted octanol–water partition coefficient (Wildman–Crippen LogP) is 2.56. The van der Waals surface area contributed by atoms with Crippen LogP contribution in [0.2, 0.25) is 0 Å². The number of rotatable bonds is 4. The van der Waals surface area contributed by atoms with Crippen molar-refractivity contribution in [3.8, 4) is 0 Å². The van der Waals surface area contributed by atoms with Crippen molar-refractivity contribution in [3.63, 3.8) is 0 Å². The summed E-state index contributed by atoms with van der Waals surface area (Å²) in [5.41, 5.74) is 0.755. The molecule has 1 heterocycles. The highest BCUT2D eigenvalue weighted by Gasteiger charge is 2.16. The topological polar surface area (TPSA) is 35.5 Å². The number of esters is 1. The minimum atomic E-state index is -0.408. The second-order valence-electron chi connectivity index (χ2n) is 4.15. The number of benzene rings is 1. The Morgan fingerprint density at radius 3 is 2.89 bits per heavy atom. The van der Waals surface area contributed by atoms with Crippen molar-refractivity contribution in [2.24, 2.45) is 0 Å². The smallest absolute Gasteiger partial charge is 0.330 e. The van der Waals surface area contributed by atoms with E-state index < -0.39 is 5.97 Å². The summed E-state index contributed by atoms with van der Waals surface area (Å²) in [4.78, 5) is 11.4. The highest BCUT2D eigenvalue weighted by molar-refractivity contribution is 5.87. The number of halogens is 1. The van der Waals surface area contributed by atoms with Crippen LogP contribution in [0.1, 0.15) is 18.4 Å². The molecular formula is C14H15FO3. The lowest BCUT2D eigenvalue weighted by Crippen LogP contribution is -2.16. The minimum Gasteiger partial charge on any atom is -0.460 e. The number of hydrogen-bond donors (Lipinski definition) is 0. The molecule has 0 aliphatic carbocycles. The Labute approximate surface area is 105 Å². The first kappa shape index (κ1) is 12.8. The molecule has 0 saturated carbocycles. The van der Waals surface area contributed by atoms with E-state index in [0.29, 0.717) is 6.61 Å². The molecule has 1 aliphatic rings. The molecule has 0 amide bonds. The van der Waals surface area contributed by atoms with E-state index in [-0.39, 0.29) is 11.9 Å². The molecular weight excluding hydrogens is 235 g/mol. The fourth-order valence-corrected chi connectivity index (χ4v) is 1.74. The van der Waals surface area contributed by atoms with Gasteiger partial charge in [0, 0.05) is 12.7 Å². The van der Waals surface area contributed by atoms with Crippen molar-refractivity contribution in [1.82, 2.24) is 0 Å². The lowest BCUT2D eigenvalue weighted by molar-refractivity contribution is -0.140. The first-order valence-electron chi connectivity index (χ1n) is 5.96. The van der Waals surface area contributed by atoms with E-state index in [4.69, 9.17) is 9.47 Å². The molecule has 2 rings (SSSR count). The van der Waals surface area contributed by atoms with Crippen LogP contribution in [-0.4, -0.2) is 25.3 Å². The quantitative estimate of drug-likeness (QED) is 0.608. The largest absolute Gasteiger partial charge is 0.460 e. The second-order valence-corrected chi connectivity index (χ2v) is 4.15. The van der Waals surface area contributed by atoms with E-state index in [1.165, 1.54) is 18.2 Å². The lowest BCUT2D eigenvalue weighted by Gasteiger charge is -2.08. The second kappa shape index (κ2) is 6.31. The fraction of sp³-hybridized carbons (Fsp3) is 0.357. The predicted molar refractivity (Wildman–Crippen MR) is 65.4 cm³/mol. The molecule has 96 valence electrons. The summed E-state index contributed by atoms with van der Waals surface area (Å²) in [6, 6.07) is 5.88. The Kier molecular flexibility index (Phi) is 4.47. The molecule has 18 heavy (non-hydrogen) atoms. The maximum absolute atomic E-state index is 12.6. The van der Waals surface area contributed by atoms with E-state index >= 15 is 0 Å². The molecule has 0 aromatic heterocycles. The van der Waals surface area contributed by atoms with Crippen LogP contribution < -0.4 is 0 Å². The third kappa shape index (κ3) is 3.96. The van der Waals surface area contributed by atoms with Crippen LogP contribution in [0.3, 0.4) is 0 Å². The number of ether oxygens (including phenoxy) is 2. The van der Waals surface area contributed by atoms with Crippen molar-refractivity contribution >= 4 is 12.0 Å². The average Bonchev–Trinajstić information content (AvgIpc) is 2.89. The summed E-state index contributed by atoms with van der Waals surface area (Å²) < 4.78 is 23.0. The lowest BCUT2D eigenvalue weighted by atomic mass is 10.2. The van der Waals surface area contributed by atoms with Gasteiger partial charge in [0.15, 0.2) is 0 Å². The van der Waals surface area contributed by atoms with E-state index in [1.54, 1.807) is 18.2 Å². The number of carbonyl (C=O) groups is 1. The maximum atomic E-state index is 12.6. The van der Waals surface area contributed by atoms with E-state index in [0.717, 1.165) is 25.0 Å². The minimum absolute atomic E-state index is 0.0353. The van der Waals surface area contributed by atoms with Gasteiger partial charge in [0.25, 0.3) is 0 Å². The number of hydrogen-bond acceptors (Lipinski definition) is 3. The van der Waals surface area contributed by atoms with Gasteiger partial charge in [-0.3, -0.25) is 0 Å². The molecule has 0 radical (unpaired) electrons. The van der Waals surface area contributed by atoms with Crippen LogP contribution in [0.25, 0.3) is 6.08 Å². The molecule has 1 aliphatic heterocycles. The Morgan fingerprint density at radius 2 is 2.22 bits per heavy atom. The van der Waals surface area contributed by atoms with Crippen LogP contribution in [-0.2, 0) is 14.3 Å². The normalized spacial score (nSPS) is 19.3. The Balaban J connectivity index is 1.77. The Bertz CT molecular complexity index is 419. The van der Waals surface area contributed by atoms with Gasteiger partial charge in [0.2, 0.25) is 0 Å². The van der Waals surface area contributed by atoms with Gasteiger partial charge in [0.05, 0.1) is 6.10 Å². The molecule has 1 saturated heterocycles. The molecule has 0 bridgehead atoms. The van der Waals surface area contributed by atoms with Gasteiger partial charge < -0.3 is 9.47 Å². The van der Waals surface area contributed by atoms with Crippen molar-refractivity contribution in [3.05, 3.63) is 41.7 Å². The van der Waals surface area contributed by atoms with Gasteiger partial charge in [-0.1, -0.05) is 12.1 Å². The summed E-state index contributed by atoms with van der Waals surface area (Å²) in [6.45, 7) is 1.04. The zero-order chi connectivity index (χ0) is 12.8. The van der Waals surface area contributed by atoms with Crippen LogP contribution >= 0.6 is 0 Å². The Hall–Kier alpha value is -1.68. The van der Waals surface area contributed by atoms with Gasteiger partial charge in [-0.2, -0.15) is 0 Å². The van der Waals surface area contributed by atoms with Gasteiger partial charge in [-0.05, 0) is 36.6 Å². The van der Waals surface area contributed by atoms with Gasteiger partial charge >= 0.3 is 5.97 Å². The van der Waals surface area contributed by atoms with Crippen molar-refractivity contribution in [2.75, 3.05) is 13.2 Å². The van der Waals surface area contributed by atoms with Gasteiger partial charge in [-0.15, -0.1) is 0 Å². The SMILES string of the molecule is O=C(C=Cc1ccc(F)cc1)OCC1CCCO1. The van der Waals surface area contributed by atoms with Gasteiger partial charge in [-0.25, -0.2) is 9.18 Å². The summed E-state index contributed by atoms with van der Waals surface area (Å²) in [5.74, 6) is -0.706. The van der Waals surface area contributed by atoms with Crippen LogP contribution in [0.4, 0.5) is 4.39 Å². The zero-order valence-corrected chi connectivity index (χ0v) is 9.97. The molecule has 1 unspecified atom stereocenters. The summed E-state index contributed by atoms with van der Waals surface area (Å²) >= 11 is 0. The first-order chi connectivity index (χ1) is 8.74. The third-order valence-corrected chi connectivity index (χ3v) is 2.72. The number of carbonyl (C=O) groups excluding carboxylic acids is 1. The van der Waals surface area contributed by atoms with E-state index in [9.17, 15) is 9.18 Å². The molecule has 0 spiro atoms. The molecule has 1 atom stereocenters. The third-order valence-electron chi connectivity index (χ3n) is 2.72. The van der Waals surface area contributed by atoms with E-state index in [2.05, 4.69) is 0 Å². The van der Waals surface area contributed by atoms with Crippen molar-refractivity contribution in [1.29, 1.82) is 0 Å². The molecule has 0 N–H and O–H groups in total. The fourth-order valence-electron chi connectivity index (χ4n) is 1.74. The summed E-state index contributed by atoms with van der Waals surface area (Å²) in [7, 11) is 0. The van der Waals surface area contributed by atoms with Gasteiger partial charge in [0.1, 0.15) is 12.4 Å².